The molecule has 0 spiro atoms. The molecular weight excluding hydrogens is 124 g/mol. The second-order valence-electron chi connectivity index (χ2n) is 3.51. The Morgan fingerprint density at radius 3 is 2.60 bits per heavy atom. The quantitative estimate of drug-likeness (QED) is 0.619. The van der Waals surface area contributed by atoms with Gasteiger partial charge in [0.1, 0.15) is 0 Å². The lowest BCUT2D eigenvalue weighted by Gasteiger charge is -2.38. The molecule has 2 nitrogen and oxygen atoms in total. The summed E-state index contributed by atoms with van der Waals surface area (Å²) in [6.07, 6.45) is 0. The first-order valence-electron chi connectivity index (χ1n) is 4.12. The van der Waals surface area contributed by atoms with Gasteiger partial charge in [0.05, 0.1) is 0 Å². The van der Waals surface area contributed by atoms with Gasteiger partial charge in [-0.3, -0.25) is 0 Å². The van der Waals surface area contributed by atoms with E-state index in [-0.39, 0.29) is 0 Å². The van der Waals surface area contributed by atoms with Crippen LogP contribution in [0.2, 0.25) is 0 Å². The SMILES string of the molecule is CNC(C)CN1CC(C)C1. The molecule has 0 aromatic carbocycles. The van der Waals surface area contributed by atoms with Crippen molar-refractivity contribution in [1.29, 1.82) is 0 Å². The van der Waals surface area contributed by atoms with Crippen LogP contribution in [-0.4, -0.2) is 37.6 Å². The van der Waals surface area contributed by atoms with Crippen LogP contribution in [0.15, 0.2) is 0 Å². The van der Waals surface area contributed by atoms with Crippen LogP contribution in [0.5, 0.6) is 0 Å². The van der Waals surface area contributed by atoms with Gasteiger partial charge in [-0.2, -0.15) is 0 Å². The number of likely N-dealkylation sites (N-methyl/N-ethyl adjacent to an activating group) is 1. The fraction of sp³-hybridized carbons (Fsp3) is 1.00. The molecule has 1 unspecified atom stereocenters. The molecule has 1 N–H and O–H groups in total. The van der Waals surface area contributed by atoms with Gasteiger partial charge in [-0.15, -0.1) is 0 Å². The van der Waals surface area contributed by atoms with Crippen LogP contribution in [0.3, 0.4) is 0 Å². The van der Waals surface area contributed by atoms with E-state index in [4.69, 9.17) is 0 Å². The van der Waals surface area contributed by atoms with E-state index in [9.17, 15) is 0 Å². The van der Waals surface area contributed by atoms with Crippen LogP contribution in [0.1, 0.15) is 13.8 Å². The van der Waals surface area contributed by atoms with Crippen molar-refractivity contribution >= 4 is 0 Å². The molecule has 60 valence electrons. The summed E-state index contributed by atoms with van der Waals surface area (Å²) in [7, 11) is 2.02. The summed E-state index contributed by atoms with van der Waals surface area (Å²) in [6.45, 7) is 8.34. The minimum absolute atomic E-state index is 0.646. The first kappa shape index (κ1) is 8.02. The third-order valence-corrected chi connectivity index (χ3v) is 2.16. The van der Waals surface area contributed by atoms with Gasteiger partial charge in [0.25, 0.3) is 0 Å². The van der Waals surface area contributed by atoms with Crippen LogP contribution in [0.4, 0.5) is 0 Å². The molecule has 1 heterocycles. The lowest BCUT2D eigenvalue weighted by atomic mass is 10.0. The molecular formula is C8H18N2. The Bertz CT molecular complexity index is 97.4. The van der Waals surface area contributed by atoms with Gasteiger partial charge in [-0.05, 0) is 19.9 Å². The lowest BCUT2D eigenvalue weighted by molar-refractivity contribution is 0.103. The van der Waals surface area contributed by atoms with Gasteiger partial charge < -0.3 is 10.2 Å². The van der Waals surface area contributed by atoms with Crippen molar-refractivity contribution in [3.8, 4) is 0 Å². The molecule has 1 rings (SSSR count). The summed E-state index contributed by atoms with van der Waals surface area (Å²) < 4.78 is 0. The molecule has 0 aromatic rings. The van der Waals surface area contributed by atoms with Gasteiger partial charge >= 0.3 is 0 Å². The van der Waals surface area contributed by atoms with Gasteiger partial charge in [-0.25, -0.2) is 0 Å². The number of nitrogens with zero attached hydrogens (tertiary/aromatic N) is 1. The van der Waals surface area contributed by atoms with Crippen molar-refractivity contribution in [3.05, 3.63) is 0 Å². The minimum Gasteiger partial charge on any atom is -0.316 e. The highest BCUT2D eigenvalue weighted by Gasteiger charge is 2.22. The molecule has 2 heteroatoms. The Morgan fingerprint density at radius 1 is 1.60 bits per heavy atom. The number of likely N-dealkylation sites (tertiary alicyclic amines) is 1. The molecule has 0 saturated carbocycles. The van der Waals surface area contributed by atoms with E-state index in [2.05, 4.69) is 24.1 Å². The van der Waals surface area contributed by atoms with E-state index in [0.717, 1.165) is 5.92 Å². The lowest BCUT2D eigenvalue weighted by Crippen LogP contribution is -2.50. The van der Waals surface area contributed by atoms with E-state index in [1.54, 1.807) is 0 Å². The van der Waals surface area contributed by atoms with Crippen LogP contribution in [0.25, 0.3) is 0 Å². The zero-order valence-electron chi connectivity index (χ0n) is 7.22. The Balaban J connectivity index is 2.04. The summed E-state index contributed by atoms with van der Waals surface area (Å²) in [5.74, 6) is 0.934. The molecule has 0 amide bonds. The van der Waals surface area contributed by atoms with Crippen molar-refractivity contribution in [1.82, 2.24) is 10.2 Å². The number of hydrogen-bond acceptors (Lipinski definition) is 2. The fourth-order valence-corrected chi connectivity index (χ4v) is 1.46. The summed E-state index contributed by atoms with van der Waals surface area (Å²) in [5.41, 5.74) is 0. The predicted molar refractivity (Wildman–Crippen MR) is 44.1 cm³/mol. The van der Waals surface area contributed by atoms with Gasteiger partial charge in [0.2, 0.25) is 0 Å². The monoisotopic (exact) mass is 142 g/mol. The number of nitrogens with one attached hydrogen (secondary N) is 1. The van der Waals surface area contributed by atoms with E-state index in [0.29, 0.717) is 6.04 Å². The third-order valence-electron chi connectivity index (χ3n) is 2.16. The van der Waals surface area contributed by atoms with Crippen LogP contribution >= 0.6 is 0 Å². The molecule has 10 heavy (non-hydrogen) atoms. The largest absolute Gasteiger partial charge is 0.316 e. The zero-order valence-corrected chi connectivity index (χ0v) is 7.22. The van der Waals surface area contributed by atoms with Gasteiger partial charge in [0, 0.05) is 25.7 Å². The standard InChI is InChI=1S/C8H18N2/c1-7-4-10(5-7)6-8(2)9-3/h7-9H,4-6H2,1-3H3. The second-order valence-corrected chi connectivity index (χ2v) is 3.51. The van der Waals surface area contributed by atoms with Crippen molar-refractivity contribution in [2.24, 2.45) is 5.92 Å². The highest BCUT2D eigenvalue weighted by Crippen LogP contribution is 2.13. The first-order valence-corrected chi connectivity index (χ1v) is 4.12. The first-order chi connectivity index (χ1) is 4.72. The van der Waals surface area contributed by atoms with Crippen molar-refractivity contribution in [2.45, 2.75) is 19.9 Å². The topological polar surface area (TPSA) is 15.3 Å². The summed E-state index contributed by atoms with van der Waals surface area (Å²) in [5, 5.41) is 3.24. The Hall–Kier alpha value is -0.0800. The van der Waals surface area contributed by atoms with E-state index < -0.39 is 0 Å². The third kappa shape index (κ3) is 1.96. The highest BCUT2D eigenvalue weighted by atomic mass is 15.2. The van der Waals surface area contributed by atoms with E-state index in [1.165, 1.54) is 19.6 Å². The highest BCUT2D eigenvalue weighted by molar-refractivity contribution is 4.78. The van der Waals surface area contributed by atoms with Crippen LogP contribution in [0, 0.1) is 5.92 Å². The molecule has 1 saturated heterocycles. The second kappa shape index (κ2) is 3.35. The summed E-state index contributed by atoms with van der Waals surface area (Å²) in [4.78, 5) is 2.49. The van der Waals surface area contributed by atoms with Crippen LogP contribution in [-0.2, 0) is 0 Å². The van der Waals surface area contributed by atoms with E-state index in [1.807, 2.05) is 7.05 Å². The maximum Gasteiger partial charge on any atom is 0.0163 e. The van der Waals surface area contributed by atoms with Crippen molar-refractivity contribution in [2.75, 3.05) is 26.7 Å². The van der Waals surface area contributed by atoms with Gasteiger partial charge in [-0.1, -0.05) is 6.92 Å². The molecule has 1 aliphatic heterocycles. The predicted octanol–water partition coefficient (Wildman–Crippen LogP) is 0.546. The molecule has 0 aliphatic carbocycles. The van der Waals surface area contributed by atoms with Crippen molar-refractivity contribution < 1.29 is 0 Å². The Morgan fingerprint density at radius 2 is 2.20 bits per heavy atom. The summed E-state index contributed by atoms with van der Waals surface area (Å²) in [6, 6.07) is 0.646. The fourth-order valence-electron chi connectivity index (χ4n) is 1.46. The van der Waals surface area contributed by atoms with Crippen molar-refractivity contribution in [3.63, 3.8) is 0 Å². The van der Waals surface area contributed by atoms with Gasteiger partial charge in [0.15, 0.2) is 0 Å². The molecule has 0 aromatic heterocycles. The van der Waals surface area contributed by atoms with E-state index >= 15 is 0 Å². The molecule has 1 fully saturated rings. The zero-order chi connectivity index (χ0) is 7.56. The maximum atomic E-state index is 3.24. The maximum absolute atomic E-state index is 3.24. The summed E-state index contributed by atoms with van der Waals surface area (Å²) >= 11 is 0. The average Bonchev–Trinajstić information content (AvgIpc) is 1.84. The van der Waals surface area contributed by atoms with Crippen LogP contribution < -0.4 is 5.32 Å². The Kier molecular flexibility index (Phi) is 2.69. The molecule has 0 bridgehead atoms. The smallest absolute Gasteiger partial charge is 0.0163 e. The minimum atomic E-state index is 0.646. The normalized spacial score (nSPS) is 24.3. The number of rotatable bonds is 3. The molecule has 1 aliphatic rings. The molecule has 0 radical (unpaired) electrons. The molecule has 1 atom stereocenters. The number of hydrogen-bond donors (Lipinski definition) is 1. The average molecular weight is 142 g/mol. The Labute approximate surface area is 63.6 Å².